The highest BCUT2D eigenvalue weighted by Crippen LogP contribution is 2.24. The summed E-state index contributed by atoms with van der Waals surface area (Å²) in [4.78, 5) is 0. The minimum absolute atomic E-state index is 0.0687. The van der Waals surface area contributed by atoms with Crippen molar-refractivity contribution in [2.24, 2.45) is 0 Å². The van der Waals surface area contributed by atoms with Crippen molar-refractivity contribution in [2.75, 3.05) is 0 Å². The Kier molecular flexibility index (Phi) is 3.27. The molecule has 1 N–H and O–H groups in total. The molecule has 0 radical (unpaired) electrons. The van der Waals surface area contributed by atoms with Crippen LogP contribution in [-0.2, 0) is 6.61 Å². The second-order valence-corrected chi connectivity index (χ2v) is 4.73. The highest BCUT2D eigenvalue weighted by molar-refractivity contribution is 6.31. The van der Waals surface area contributed by atoms with Crippen LogP contribution in [0.15, 0.2) is 24.3 Å². The Labute approximate surface area is 106 Å². The standard InChI is InChI=1S/C14H16ClNO/c1-9-4-5-13(7-14(9)15)16-10(2)6-12(8-17)11(16)3/h4-7,17H,8H2,1-3H3. The van der Waals surface area contributed by atoms with E-state index in [2.05, 4.69) is 4.57 Å². The summed E-state index contributed by atoms with van der Waals surface area (Å²) in [6, 6.07) is 8.01. The van der Waals surface area contributed by atoms with Crippen molar-refractivity contribution in [3.05, 3.63) is 51.8 Å². The van der Waals surface area contributed by atoms with E-state index in [4.69, 9.17) is 11.6 Å². The Morgan fingerprint density at radius 1 is 1.18 bits per heavy atom. The average Bonchev–Trinajstić information content (AvgIpc) is 2.58. The number of benzene rings is 1. The van der Waals surface area contributed by atoms with Crippen molar-refractivity contribution in [3.8, 4) is 5.69 Å². The lowest BCUT2D eigenvalue weighted by molar-refractivity contribution is 0.281. The van der Waals surface area contributed by atoms with Crippen molar-refractivity contribution in [1.29, 1.82) is 0 Å². The first-order chi connectivity index (χ1) is 8.04. The molecule has 0 saturated heterocycles. The van der Waals surface area contributed by atoms with Gasteiger partial charge in [0.25, 0.3) is 0 Å². The van der Waals surface area contributed by atoms with E-state index in [1.165, 1.54) is 0 Å². The highest BCUT2D eigenvalue weighted by Gasteiger charge is 2.10. The zero-order valence-electron chi connectivity index (χ0n) is 10.3. The Balaban J connectivity index is 2.60. The molecule has 90 valence electrons. The summed E-state index contributed by atoms with van der Waals surface area (Å²) in [5.74, 6) is 0. The molecule has 2 rings (SSSR count). The van der Waals surface area contributed by atoms with E-state index < -0.39 is 0 Å². The van der Waals surface area contributed by atoms with Gasteiger partial charge in [0.1, 0.15) is 0 Å². The maximum absolute atomic E-state index is 9.26. The van der Waals surface area contributed by atoms with Crippen LogP contribution in [0.1, 0.15) is 22.5 Å². The molecule has 3 heteroatoms. The molecular formula is C14H16ClNO. The first-order valence-corrected chi connectivity index (χ1v) is 5.97. The maximum Gasteiger partial charge on any atom is 0.0699 e. The Hall–Kier alpha value is -1.25. The van der Waals surface area contributed by atoms with E-state index in [0.717, 1.165) is 33.2 Å². The monoisotopic (exact) mass is 249 g/mol. The van der Waals surface area contributed by atoms with Crippen LogP contribution in [0.3, 0.4) is 0 Å². The van der Waals surface area contributed by atoms with Gasteiger partial charge in [-0.15, -0.1) is 0 Å². The normalized spacial score (nSPS) is 10.9. The van der Waals surface area contributed by atoms with Gasteiger partial charge in [0.2, 0.25) is 0 Å². The van der Waals surface area contributed by atoms with Crippen LogP contribution in [0, 0.1) is 20.8 Å². The summed E-state index contributed by atoms with van der Waals surface area (Å²) >= 11 is 6.15. The van der Waals surface area contributed by atoms with Gasteiger partial charge in [-0.1, -0.05) is 17.7 Å². The number of aryl methyl sites for hydroxylation is 2. The summed E-state index contributed by atoms with van der Waals surface area (Å²) in [5.41, 5.74) is 5.23. The molecule has 0 aliphatic heterocycles. The molecule has 0 bridgehead atoms. The number of rotatable bonds is 2. The first-order valence-electron chi connectivity index (χ1n) is 5.59. The second kappa shape index (κ2) is 4.55. The summed E-state index contributed by atoms with van der Waals surface area (Å²) in [6.07, 6.45) is 0. The minimum Gasteiger partial charge on any atom is -0.392 e. The minimum atomic E-state index is 0.0687. The van der Waals surface area contributed by atoms with Gasteiger partial charge in [0.05, 0.1) is 6.61 Å². The van der Waals surface area contributed by atoms with E-state index in [0.29, 0.717) is 0 Å². The molecule has 0 aliphatic rings. The van der Waals surface area contributed by atoms with Crippen LogP contribution >= 0.6 is 11.6 Å². The van der Waals surface area contributed by atoms with E-state index >= 15 is 0 Å². The number of hydrogen-bond acceptors (Lipinski definition) is 1. The third-order valence-corrected chi connectivity index (χ3v) is 3.53. The quantitative estimate of drug-likeness (QED) is 0.865. The van der Waals surface area contributed by atoms with Crippen LogP contribution in [0.4, 0.5) is 0 Å². The fraction of sp³-hybridized carbons (Fsp3) is 0.286. The number of halogens is 1. The average molecular weight is 250 g/mol. The molecule has 0 saturated carbocycles. The second-order valence-electron chi connectivity index (χ2n) is 4.32. The van der Waals surface area contributed by atoms with E-state index in [9.17, 15) is 5.11 Å². The van der Waals surface area contributed by atoms with Gasteiger partial charge >= 0.3 is 0 Å². The van der Waals surface area contributed by atoms with Crippen molar-refractivity contribution in [2.45, 2.75) is 27.4 Å². The molecule has 1 aromatic heterocycles. The molecule has 0 atom stereocenters. The van der Waals surface area contributed by atoms with Gasteiger partial charge < -0.3 is 9.67 Å². The third kappa shape index (κ3) is 2.11. The Morgan fingerprint density at radius 3 is 2.41 bits per heavy atom. The predicted octanol–water partition coefficient (Wildman–Crippen LogP) is 3.55. The van der Waals surface area contributed by atoms with Crippen LogP contribution in [-0.4, -0.2) is 9.67 Å². The van der Waals surface area contributed by atoms with E-state index in [1.54, 1.807) is 0 Å². The number of aliphatic hydroxyl groups excluding tert-OH is 1. The number of aliphatic hydroxyl groups is 1. The van der Waals surface area contributed by atoms with Gasteiger partial charge in [-0.3, -0.25) is 0 Å². The summed E-state index contributed by atoms with van der Waals surface area (Å²) in [5, 5.41) is 10.0. The summed E-state index contributed by atoms with van der Waals surface area (Å²) in [7, 11) is 0. The van der Waals surface area contributed by atoms with Gasteiger partial charge in [-0.2, -0.15) is 0 Å². The molecule has 1 heterocycles. The zero-order valence-corrected chi connectivity index (χ0v) is 11.0. The van der Waals surface area contributed by atoms with Crippen molar-refractivity contribution in [1.82, 2.24) is 4.57 Å². The lowest BCUT2D eigenvalue weighted by atomic mass is 10.2. The summed E-state index contributed by atoms with van der Waals surface area (Å²) < 4.78 is 2.11. The highest BCUT2D eigenvalue weighted by atomic mass is 35.5. The van der Waals surface area contributed by atoms with E-state index in [-0.39, 0.29) is 6.61 Å². The number of hydrogen-bond donors (Lipinski definition) is 1. The van der Waals surface area contributed by atoms with Crippen LogP contribution in [0.2, 0.25) is 5.02 Å². The van der Waals surface area contributed by atoms with Gasteiger partial charge in [0, 0.05) is 22.1 Å². The summed E-state index contributed by atoms with van der Waals surface area (Å²) in [6.45, 7) is 6.09. The number of nitrogens with zero attached hydrogens (tertiary/aromatic N) is 1. The Morgan fingerprint density at radius 2 is 1.88 bits per heavy atom. The number of aromatic nitrogens is 1. The van der Waals surface area contributed by atoms with Crippen LogP contribution < -0.4 is 0 Å². The first kappa shape index (κ1) is 12.2. The fourth-order valence-corrected chi connectivity index (χ4v) is 2.28. The van der Waals surface area contributed by atoms with Gasteiger partial charge in [0.15, 0.2) is 0 Å². The van der Waals surface area contributed by atoms with Gasteiger partial charge in [-0.05, 0) is 50.1 Å². The molecule has 0 amide bonds. The van der Waals surface area contributed by atoms with Crippen molar-refractivity contribution in [3.63, 3.8) is 0 Å². The molecule has 0 unspecified atom stereocenters. The molecule has 1 aromatic carbocycles. The van der Waals surface area contributed by atoms with Crippen LogP contribution in [0.25, 0.3) is 5.69 Å². The molecule has 0 fully saturated rings. The van der Waals surface area contributed by atoms with Crippen LogP contribution in [0.5, 0.6) is 0 Å². The molecule has 2 nitrogen and oxygen atoms in total. The van der Waals surface area contributed by atoms with E-state index in [1.807, 2.05) is 45.0 Å². The van der Waals surface area contributed by atoms with Crippen molar-refractivity contribution < 1.29 is 5.11 Å². The zero-order chi connectivity index (χ0) is 12.6. The SMILES string of the molecule is Cc1ccc(-n2c(C)cc(CO)c2C)cc1Cl. The lowest BCUT2D eigenvalue weighted by Crippen LogP contribution is -2.00. The molecular weight excluding hydrogens is 234 g/mol. The largest absolute Gasteiger partial charge is 0.392 e. The molecule has 0 aliphatic carbocycles. The molecule has 17 heavy (non-hydrogen) atoms. The predicted molar refractivity (Wildman–Crippen MR) is 70.9 cm³/mol. The van der Waals surface area contributed by atoms with Crippen molar-refractivity contribution >= 4 is 11.6 Å². The molecule has 2 aromatic rings. The molecule has 0 spiro atoms. The van der Waals surface area contributed by atoms with Gasteiger partial charge in [-0.25, -0.2) is 0 Å². The Bertz CT molecular complexity index is 558. The lowest BCUT2D eigenvalue weighted by Gasteiger charge is -2.11. The topological polar surface area (TPSA) is 25.2 Å². The fourth-order valence-electron chi connectivity index (χ4n) is 2.11. The maximum atomic E-state index is 9.26. The third-order valence-electron chi connectivity index (χ3n) is 3.12. The smallest absolute Gasteiger partial charge is 0.0699 e.